The standard InChI is InChI=1S/C20H30O4/c1-11-6-5-7-12(2)17-18-14(13(3)19(21)23-18)10-16(22-17)20(4)9-8-15(11)24-20/h11-12,14-18H,3,5-10H2,1-2,4H3/t11-,12-,14+,15?,16+,17+,18-,20?/m1/s1. The highest BCUT2D eigenvalue weighted by Crippen LogP contribution is 2.48. The molecule has 4 nitrogen and oxygen atoms in total. The highest BCUT2D eigenvalue weighted by molar-refractivity contribution is 5.91. The van der Waals surface area contributed by atoms with Crippen molar-refractivity contribution in [2.75, 3.05) is 0 Å². The Morgan fingerprint density at radius 3 is 2.67 bits per heavy atom. The van der Waals surface area contributed by atoms with E-state index in [4.69, 9.17) is 14.2 Å². The summed E-state index contributed by atoms with van der Waals surface area (Å²) in [6.45, 7) is 10.8. The van der Waals surface area contributed by atoms with Crippen LogP contribution in [-0.4, -0.2) is 36.0 Å². The lowest BCUT2D eigenvalue weighted by molar-refractivity contribution is -0.216. The molecular formula is C20H30O4. The van der Waals surface area contributed by atoms with E-state index in [1.165, 1.54) is 12.8 Å². The average molecular weight is 334 g/mol. The highest BCUT2D eigenvalue weighted by atomic mass is 16.6. The summed E-state index contributed by atoms with van der Waals surface area (Å²) >= 11 is 0. The molecule has 0 aromatic heterocycles. The minimum atomic E-state index is -0.252. The Hall–Kier alpha value is -0.870. The van der Waals surface area contributed by atoms with Gasteiger partial charge >= 0.3 is 5.97 Å². The van der Waals surface area contributed by atoms with E-state index in [1.807, 2.05) is 0 Å². The SMILES string of the molecule is C=C1C(=O)O[C@H]2[C@H]3O[C@@H](C[C@@H]12)C1(C)CCC(O1)[C@H](C)CCC[C@H]3C. The molecule has 0 radical (unpaired) electrons. The molecule has 4 heterocycles. The van der Waals surface area contributed by atoms with Gasteiger partial charge in [-0.2, -0.15) is 0 Å². The third-order valence-corrected chi connectivity index (χ3v) is 7.00. The van der Waals surface area contributed by atoms with Gasteiger partial charge in [-0.05, 0) is 50.9 Å². The topological polar surface area (TPSA) is 44.8 Å². The molecule has 4 rings (SSSR count). The average Bonchev–Trinajstić information content (AvgIpc) is 3.08. The zero-order chi connectivity index (χ0) is 17.1. The van der Waals surface area contributed by atoms with Crippen molar-refractivity contribution in [2.24, 2.45) is 17.8 Å². The molecular weight excluding hydrogens is 304 g/mol. The molecule has 0 spiro atoms. The molecule has 4 aliphatic rings. The summed E-state index contributed by atoms with van der Waals surface area (Å²) in [6.07, 6.45) is 6.59. The maximum Gasteiger partial charge on any atom is 0.334 e. The lowest BCUT2D eigenvalue weighted by atomic mass is 9.76. The van der Waals surface area contributed by atoms with E-state index in [0.717, 1.165) is 25.7 Å². The van der Waals surface area contributed by atoms with Crippen molar-refractivity contribution in [1.29, 1.82) is 0 Å². The fraction of sp³-hybridized carbons (Fsp3) is 0.850. The van der Waals surface area contributed by atoms with Crippen LogP contribution in [-0.2, 0) is 19.0 Å². The van der Waals surface area contributed by atoms with Crippen LogP contribution < -0.4 is 0 Å². The highest BCUT2D eigenvalue weighted by Gasteiger charge is 2.55. The predicted molar refractivity (Wildman–Crippen MR) is 90.5 cm³/mol. The van der Waals surface area contributed by atoms with Crippen LogP contribution in [0.3, 0.4) is 0 Å². The van der Waals surface area contributed by atoms with Crippen molar-refractivity contribution in [3.8, 4) is 0 Å². The van der Waals surface area contributed by atoms with E-state index in [1.54, 1.807) is 0 Å². The van der Waals surface area contributed by atoms with E-state index in [9.17, 15) is 4.79 Å². The molecule has 0 aromatic carbocycles. The second-order valence-electron chi connectivity index (χ2n) is 8.72. The van der Waals surface area contributed by atoms with Gasteiger partial charge in [0.15, 0.2) is 0 Å². The van der Waals surface area contributed by atoms with Gasteiger partial charge < -0.3 is 14.2 Å². The van der Waals surface area contributed by atoms with Crippen LogP contribution in [0.25, 0.3) is 0 Å². The number of hydrogen-bond acceptors (Lipinski definition) is 4. The summed E-state index contributed by atoms with van der Waals surface area (Å²) in [5.74, 6) is 0.833. The van der Waals surface area contributed by atoms with Crippen molar-refractivity contribution in [2.45, 2.75) is 89.3 Å². The van der Waals surface area contributed by atoms with Gasteiger partial charge in [0.05, 0.1) is 23.9 Å². The number of carbonyl (C=O) groups is 1. The first-order chi connectivity index (χ1) is 11.4. The normalized spacial score (nSPS) is 51.7. The largest absolute Gasteiger partial charge is 0.456 e. The van der Waals surface area contributed by atoms with Crippen molar-refractivity contribution in [3.05, 3.63) is 12.2 Å². The summed E-state index contributed by atoms with van der Waals surface area (Å²) in [4.78, 5) is 12.1. The maximum absolute atomic E-state index is 12.1. The van der Waals surface area contributed by atoms with E-state index in [2.05, 4.69) is 27.4 Å². The number of hydrogen-bond donors (Lipinski definition) is 0. The van der Waals surface area contributed by atoms with Crippen LogP contribution in [0.5, 0.6) is 0 Å². The molecule has 2 unspecified atom stereocenters. The Bertz CT molecular complexity index is 544. The van der Waals surface area contributed by atoms with Crippen LogP contribution >= 0.6 is 0 Å². The molecule has 0 saturated carbocycles. The summed E-state index contributed by atoms with van der Waals surface area (Å²) in [5.41, 5.74) is 0.380. The minimum absolute atomic E-state index is 0.0211. The molecule has 24 heavy (non-hydrogen) atoms. The van der Waals surface area contributed by atoms with Gasteiger partial charge in [-0.3, -0.25) is 0 Å². The molecule has 0 aliphatic carbocycles. The number of carbonyl (C=O) groups excluding carboxylic acids is 1. The van der Waals surface area contributed by atoms with Gasteiger partial charge in [0.25, 0.3) is 0 Å². The summed E-state index contributed by atoms with van der Waals surface area (Å²) in [7, 11) is 0. The molecule has 0 N–H and O–H groups in total. The van der Waals surface area contributed by atoms with Crippen molar-refractivity contribution >= 4 is 5.97 Å². The molecule has 134 valence electrons. The fourth-order valence-electron chi connectivity index (χ4n) is 5.25. The number of rotatable bonds is 0. The number of ether oxygens (including phenoxy) is 3. The fourth-order valence-corrected chi connectivity index (χ4v) is 5.25. The summed E-state index contributed by atoms with van der Waals surface area (Å²) < 4.78 is 18.8. The number of fused-ring (bicyclic) bond motifs is 7. The lowest BCUT2D eigenvalue weighted by Gasteiger charge is -2.45. The van der Waals surface area contributed by atoms with Gasteiger partial charge in [-0.1, -0.05) is 26.8 Å². The minimum Gasteiger partial charge on any atom is -0.456 e. The number of esters is 1. The smallest absolute Gasteiger partial charge is 0.334 e. The molecule has 4 heteroatoms. The van der Waals surface area contributed by atoms with Crippen molar-refractivity contribution in [3.63, 3.8) is 0 Å². The van der Waals surface area contributed by atoms with Crippen LogP contribution in [0.15, 0.2) is 12.2 Å². The quantitative estimate of drug-likeness (QED) is 0.501. The Labute approximate surface area is 144 Å². The zero-order valence-electron chi connectivity index (χ0n) is 15.1. The Morgan fingerprint density at radius 1 is 1.12 bits per heavy atom. The Balaban J connectivity index is 1.67. The molecule has 4 fully saturated rings. The van der Waals surface area contributed by atoms with Gasteiger partial charge in [-0.25, -0.2) is 4.79 Å². The molecule has 0 amide bonds. The molecule has 4 bridgehead atoms. The van der Waals surface area contributed by atoms with Gasteiger partial charge in [-0.15, -0.1) is 0 Å². The lowest BCUT2D eigenvalue weighted by Crippen LogP contribution is -2.54. The van der Waals surface area contributed by atoms with E-state index < -0.39 is 0 Å². The van der Waals surface area contributed by atoms with Gasteiger partial charge in [0, 0.05) is 11.5 Å². The summed E-state index contributed by atoms with van der Waals surface area (Å²) in [5, 5.41) is 0. The van der Waals surface area contributed by atoms with Crippen LogP contribution in [0, 0.1) is 17.8 Å². The van der Waals surface area contributed by atoms with Crippen LogP contribution in [0.2, 0.25) is 0 Å². The third kappa shape index (κ3) is 2.53. The Morgan fingerprint density at radius 2 is 1.88 bits per heavy atom. The first-order valence-electron chi connectivity index (χ1n) is 9.62. The van der Waals surface area contributed by atoms with Gasteiger partial charge in [0.2, 0.25) is 0 Å². The second-order valence-corrected chi connectivity index (χ2v) is 8.72. The third-order valence-electron chi connectivity index (χ3n) is 7.00. The first kappa shape index (κ1) is 16.6. The van der Waals surface area contributed by atoms with Crippen molar-refractivity contribution in [1.82, 2.24) is 0 Å². The van der Waals surface area contributed by atoms with E-state index >= 15 is 0 Å². The van der Waals surface area contributed by atoms with Crippen LogP contribution in [0.1, 0.15) is 59.3 Å². The molecule has 0 aromatic rings. The Kier molecular flexibility index (Phi) is 4.04. The molecule has 8 atom stereocenters. The van der Waals surface area contributed by atoms with Crippen LogP contribution in [0.4, 0.5) is 0 Å². The molecule has 4 aliphatic heterocycles. The van der Waals surface area contributed by atoms with E-state index in [-0.39, 0.29) is 35.8 Å². The summed E-state index contributed by atoms with van der Waals surface area (Å²) in [6, 6.07) is 0. The molecule has 4 saturated heterocycles. The zero-order valence-corrected chi connectivity index (χ0v) is 15.1. The van der Waals surface area contributed by atoms with Gasteiger partial charge in [0.1, 0.15) is 6.10 Å². The first-order valence-corrected chi connectivity index (χ1v) is 9.62. The van der Waals surface area contributed by atoms with Crippen molar-refractivity contribution < 1.29 is 19.0 Å². The monoisotopic (exact) mass is 334 g/mol. The van der Waals surface area contributed by atoms with E-state index in [0.29, 0.717) is 23.5 Å². The predicted octanol–water partition coefficient (Wildman–Crippen LogP) is 3.64. The maximum atomic E-state index is 12.1. The second kappa shape index (κ2) is 5.84.